The van der Waals surface area contributed by atoms with Crippen LogP contribution in [0.4, 0.5) is 0 Å². The molecule has 2 aromatic carbocycles. The van der Waals surface area contributed by atoms with Gasteiger partial charge in [-0.1, -0.05) is 67.6 Å². The van der Waals surface area contributed by atoms with Crippen LogP contribution in [0.3, 0.4) is 0 Å². The highest BCUT2D eigenvalue weighted by Crippen LogP contribution is 2.35. The van der Waals surface area contributed by atoms with Gasteiger partial charge in [-0.05, 0) is 17.5 Å². The number of nitrogens with one attached hydrogen (secondary N) is 1. The molecule has 28 heavy (non-hydrogen) atoms. The van der Waals surface area contributed by atoms with Gasteiger partial charge in [0, 0.05) is 19.4 Å². The molecule has 1 saturated heterocycles. The fraction of sp³-hybridized carbons (Fsp3) is 0.435. The Morgan fingerprint density at radius 1 is 1.07 bits per heavy atom. The van der Waals surface area contributed by atoms with Crippen LogP contribution in [0.5, 0.6) is 0 Å². The number of carbonyl (C=O) groups excluding carboxylic acids is 1. The molecular formula is C23H30ClNO3. The van der Waals surface area contributed by atoms with Gasteiger partial charge in [-0.15, -0.1) is 0 Å². The molecular weight excluding hydrogens is 374 g/mol. The van der Waals surface area contributed by atoms with E-state index in [0.29, 0.717) is 19.3 Å². The fourth-order valence-electron chi connectivity index (χ4n) is 3.81. The second-order valence-electron chi connectivity index (χ2n) is 7.30. The Morgan fingerprint density at radius 2 is 1.64 bits per heavy atom. The van der Waals surface area contributed by atoms with Crippen LogP contribution >= 0.6 is 0 Å². The predicted molar refractivity (Wildman–Crippen MR) is 106 cm³/mol. The van der Waals surface area contributed by atoms with Gasteiger partial charge in [-0.3, -0.25) is 0 Å². The van der Waals surface area contributed by atoms with Crippen molar-refractivity contribution in [1.82, 2.24) is 0 Å². The summed E-state index contributed by atoms with van der Waals surface area (Å²) in [7, 11) is 2.17. The van der Waals surface area contributed by atoms with Crippen molar-refractivity contribution >= 4 is 5.97 Å². The smallest absolute Gasteiger partial charge is 0.348 e. The Kier molecular flexibility index (Phi) is 8.49. The van der Waals surface area contributed by atoms with Crippen molar-refractivity contribution in [2.24, 2.45) is 0 Å². The van der Waals surface area contributed by atoms with E-state index < -0.39 is 5.60 Å². The van der Waals surface area contributed by atoms with Crippen LogP contribution in [0.2, 0.25) is 0 Å². The molecule has 0 saturated carbocycles. The number of halogens is 1. The summed E-state index contributed by atoms with van der Waals surface area (Å²) in [4.78, 5) is 14.9. The quantitative estimate of drug-likeness (QED) is 0.609. The molecule has 1 N–H and O–H groups in total. The van der Waals surface area contributed by atoms with E-state index >= 15 is 0 Å². The van der Waals surface area contributed by atoms with Crippen LogP contribution < -0.4 is 17.3 Å². The molecule has 0 bridgehead atoms. The van der Waals surface area contributed by atoms with Crippen LogP contribution in [-0.4, -0.2) is 38.8 Å². The molecule has 3 rings (SSSR count). The van der Waals surface area contributed by atoms with E-state index in [1.54, 1.807) is 0 Å². The molecule has 1 aliphatic heterocycles. The van der Waals surface area contributed by atoms with E-state index in [1.807, 2.05) is 67.6 Å². The van der Waals surface area contributed by atoms with Crippen molar-refractivity contribution in [3.05, 3.63) is 71.8 Å². The predicted octanol–water partition coefficient (Wildman–Crippen LogP) is -0.419. The maximum atomic E-state index is 13.5. The summed E-state index contributed by atoms with van der Waals surface area (Å²) in [6.45, 7) is 4.09. The lowest BCUT2D eigenvalue weighted by molar-refractivity contribution is -0.892. The molecule has 0 radical (unpaired) electrons. The second kappa shape index (κ2) is 10.6. The Bertz CT molecular complexity index is 684. The normalized spacial score (nSPS) is 19.1. The third-order valence-corrected chi connectivity index (χ3v) is 5.41. The van der Waals surface area contributed by atoms with E-state index in [4.69, 9.17) is 9.47 Å². The lowest BCUT2D eigenvalue weighted by Gasteiger charge is -2.33. The Hall–Kier alpha value is -1.88. The third kappa shape index (κ3) is 4.75. The van der Waals surface area contributed by atoms with Gasteiger partial charge in [0.1, 0.15) is 12.6 Å². The van der Waals surface area contributed by atoms with Crippen LogP contribution in [0.25, 0.3) is 0 Å². The summed E-state index contributed by atoms with van der Waals surface area (Å²) < 4.78 is 12.2. The molecule has 1 heterocycles. The largest absolute Gasteiger partial charge is 1.00 e. The minimum absolute atomic E-state index is 0. The van der Waals surface area contributed by atoms with E-state index in [9.17, 15) is 4.79 Å². The Morgan fingerprint density at radius 3 is 2.11 bits per heavy atom. The van der Waals surface area contributed by atoms with Crippen LogP contribution in [0.1, 0.15) is 37.3 Å². The highest BCUT2D eigenvalue weighted by Gasteiger charge is 2.45. The third-order valence-electron chi connectivity index (χ3n) is 5.41. The zero-order valence-corrected chi connectivity index (χ0v) is 17.5. The van der Waals surface area contributed by atoms with Crippen molar-refractivity contribution in [2.45, 2.75) is 37.8 Å². The maximum absolute atomic E-state index is 13.5. The number of hydrogen-bond acceptors (Lipinski definition) is 3. The number of quaternary nitrogens is 1. The van der Waals surface area contributed by atoms with Gasteiger partial charge >= 0.3 is 5.97 Å². The van der Waals surface area contributed by atoms with Gasteiger partial charge in [0.25, 0.3) is 0 Å². The van der Waals surface area contributed by atoms with E-state index in [-0.39, 0.29) is 18.4 Å². The van der Waals surface area contributed by atoms with E-state index in [2.05, 4.69) is 7.05 Å². The van der Waals surface area contributed by atoms with Gasteiger partial charge in [0.2, 0.25) is 5.60 Å². The monoisotopic (exact) mass is 403 g/mol. The summed E-state index contributed by atoms with van der Waals surface area (Å²) in [5.74, 6) is -0.326. The number of esters is 1. The number of benzene rings is 2. The average molecular weight is 404 g/mol. The van der Waals surface area contributed by atoms with E-state index in [1.165, 1.54) is 11.3 Å². The fourth-order valence-corrected chi connectivity index (χ4v) is 3.81. The minimum atomic E-state index is -1.23. The highest BCUT2D eigenvalue weighted by molar-refractivity contribution is 5.85. The first-order chi connectivity index (χ1) is 13.2. The topological polar surface area (TPSA) is 40.0 Å². The van der Waals surface area contributed by atoms with Crippen LogP contribution in [0, 0.1) is 0 Å². The Labute approximate surface area is 174 Å². The van der Waals surface area contributed by atoms with Crippen molar-refractivity contribution in [2.75, 3.05) is 26.8 Å². The van der Waals surface area contributed by atoms with Crippen LogP contribution in [0.15, 0.2) is 60.7 Å². The maximum Gasteiger partial charge on any atom is 0.348 e. The molecule has 1 aliphatic rings. The molecule has 0 amide bonds. The molecule has 2 unspecified atom stereocenters. The van der Waals surface area contributed by atoms with Gasteiger partial charge in [-0.25, -0.2) is 4.79 Å². The first kappa shape index (κ1) is 22.4. The summed E-state index contributed by atoms with van der Waals surface area (Å²) in [5.41, 5.74) is 0.383. The zero-order chi connectivity index (χ0) is 19.1. The van der Waals surface area contributed by atoms with Crippen molar-refractivity contribution < 1.29 is 31.6 Å². The van der Waals surface area contributed by atoms with Gasteiger partial charge < -0.3 is 26.8 Å². The molecule has 0 aromatic heterocycles. The summed E-state index contributed by atoms with van der Waals surface area (Å²) in [5, 5.41) is 0. The molecule has 152 valence electrons. The lowest BCUT2D eigenvalue weighted by atomic mass is 9.86. The lowest BCUT2D eigenvalue weighted by Crippen LogP contribution is -3.11. The number of rotatable bonds is 8. The Balaban J connectivity index is 0.00000280. The molecule has 5 heteroatoms. The highest BCUT2D eigenvalue weighted by atomic mass is 35.5. The van der Waals surface area contributed by atoms with Gasteiger partial charge in [0.15, 0.2) is 0 Å². The van der Waals surface area contributed by atoms with Crippen molar-refractivity contribution in [1.29, 1.82) is 0 Å². The van der Waals surface area contributed by atoms with E-state index in [0.717, 1.165) is 30.5 Å². The molecule has 0 spiro atoms. The minimum Gasteiger partial charge on any atom is -1.00 e. The molecule has 1 fully saturated rings. The first-order valence-electron chi connectivity index (χ1n) is 9.93. The number of likely N-dealkylation sites (tertiary alicyclic amines) is 1. The standard InChI is InChI=1S/C23H29NO3.ClH/c1-3-17-27-23(19-11-6-4-7-12-19,20-13-8-5-9-14-20)22(25)26-18-21-15-10-16-24(21)2;/h4-9,11-14,21H,3,10,15-18H2,1-2H3;1H. The number of ether oxygens (including phenoxy) is 2. The molecule has 2 atom stereocenters. The number of carbonyl (C=O) groups is 1. The van der Waals surface area contributed by atoms with Crippen LogP contribution in [-0.2, 0) is 19.9 Å². The molecule has 4 nitrogen and oxygen atoms in total. The van der Waals surface area contributed by atoms with Crippen molar-refractivity contribution in [3.63, 3.8) is 0 Å². The van der Waals surface area contributed by atoms with Gasteiger partial charge in [0.05, 0.1) is 13.6 Å². The van der Waals surface area contributed by atoms with Gasteiger partial charge in [-0.2, -0.15) is 0 Å². The SMILES string of the molecule is CCCOC(C(=O)OCC1CCC[NH+]1C)(c1ccccc1)c1ccccc1.[Cl-]. The number of hydrogen-bond donors (Lipinski definition) is 1. The zero-order valence-electron chi connectivity index (χ0n) is 16.7. The molecule has 0 aliphatic carbocycles. The first-order valence-corrected chi connectivity index (χ1v) is 9.93. The summed E-state index contributed by atoms with van der Waals surface area (Å²) >= 11 is 0. The summed E-state index contributed by atoms with van der Waals surface area (Å²) in [6.07, 6.45) is 3.10. The second-order valence-corrected chi connectivity index (χ2v) is 7.30. The average Bonchev–Trinajstić information content (AvgIpc) is 3.13. The summed E-state index contributed by atoms with van der Waals surface area (Å²) in [6, 6.07) is 19.8. The number of likely N-dealkylation sites (N-methyl/N-ethyl adjacent to an activating group) is 1. The van der Waals surface area contributed by atoms with Crippen molar-refractivity contribution in [3.8, 4) is 0 Å². The molecule has 2 aromatic rings.